The molecule has 21 nitrogen and oxygen atoms in total. The molecule has 0 saturated carbocycles. The summed E-state index contributed by atoms with van der Waals surface area (Å²) in [5.41, 5.74) is 12.9. The maximum atomic E-state index is 12.2. The third kappa shape index (κ3) is 9.98. The highest BCUT2D eigenvalue weighted by Gasteiger charge is 2.43. The lowest BCUT2D eigenvalue weighted by Gasteiger charge is -2.22. The number of ether oxygens (including phenoxy) is 2. The molecule has 0 spiro atoms. The Labute approximate surface area is 277 Å². The molecular formula is C25H33N6O15P3. The van der Waals surface area contributed by atoms with E-state index in [4.69, 9.17) is 30.7 Å². The molecule has 1 saturated heterocycles. The average Bonchev–Trinajstić information content (AvgIpc) is 3.54. The first-order valence-electron chi connectivity index (χ1n) is 14.1. The number of nitrogens with zero attached hydrogens (tertiary/aromatic N) is 4. The number of rotatable bonds is 14. The number of fused-ring (bicyclic) bond motifs is 1. The SMILES string of the molecule is CC(C)[C@@H](OCc1cn([C@H]2CC(O)[C@@H](COP(=O)(O)OP(=O)(O)OP(=O)(O)O)O2)c2ncnc(N)c12)c1ccc(C#CCN)cc1[N+](=O)[O-]. The number of nitrogens with two attached hydrogens (primary N) is 2. The van der Waals surface area contributed by atoms with Gasteiger partial charge < -0.3 is 50.2 Å². The van der Waals surface area contributed by atoms with Crippen LogP contribution in [-0.2, 0) is 42.9 Å². The molecule has 4 rings (SSSR count). The van der Waals surface area contributed by atoms with Gasteiger partial charge in [0, 0.05) is 29.8 Å². The van der Waals surface area contributed by atoms with Crippen molar-refractivity contribution in [2.24, 2.45) is 11.7 Å². The highest BCUT2D eigenvalue weighted by molar-refractivity contribution is 7.66. The molecule has 24 heteroatoms. The minimum Gasteiger partial charge on any atom is -0.390 e. The summed E-state index contributed by atoms with van der Waals surface area (Å²) in [6.45, 7) is 2.74. The van der Waals surface area contributed by atoms with Gasteiger partial charge in [0.15, 0.2) is 0 Å². The van der Waals surface area contributed by atoms with E-state index in [1.165, 1.54) is 17.0 Å². The second kappa shape index (κ2) is 15.4. The average molecular weight is 750 g/mol. The van der Waals surface area contributed by atoms with Crippen LogP contribution < -0.4 is 11.5 Å². The Hall–Kier alpha value is -3.15. The molecule has 9 N–H and O–H groups in total. The number of nitro benzene ring substituents is 1. The predicted octanol–water partition coefficient (Wildman–Crippen LogP) is 2.14. The molecular weight excluding hydrogens is 717 g/mol. The fourth-order valence-electron chi connectivity index (χ4n) is 5.02. The molecule has 0 radical (unpaired) electrons. The van der Waals surface area contributed by atoms with Crippen LogP contribution in [0.1, 0.15) is 49.3 Å². The van der Waals surface area contributed by atoms with Crippen molar-refractivity contribution in [2.45, 2.75) is 51.4 Å². The number of nitro groups is 1. The molecule has 0 aliphatic carbocycles. The normalized spacial score (nSPS) is 21.2. The zero-order valence-electron chi connectivity index (χ0n) is 25.7. The summed E-state index contributed by atoms with van der Waals surface area (Å²) in [5.74, 6) is 5.27. The monoisotopic (exact) mass is 750 g/mol. The molecule has 3 heterocycles. The van der Waals surface area contributed by atoms with Gasteiger partial charge in [-0.3, -0.25) is 14.6 Å². The lowest BCUT2D eigenvalue weighted by Crippen LogP contribution is -2.26. The second-order valence-electron chi connectivity index (χ2n) is 10.9. The number of hydrogen-bond donors (Lipinski definition) is 7. The zero-order chi connectivity index (χ0) is 36.3. The first kappa shape index (κ1) is 38.6. The van der Waals surface area contributed by atoms with Crippen molar-refractivity contribution in [3.8, 4) is 11.8 Å². The summed E-state index contributed by atoms with van der Waals surface area (Å²) >= 11 is 0. The van der Waals surface area contributed by atoms with Crippen LogP contribution in [0.4, 0.5) is 11.5 Å². The van der Waals surface area contributed by atoms with E-state index in [0.717, 1.165) is 0 Å². The molecule has 268 valence electrons. The molecule has 0 bridgehead atoms. The van der Waals surface area contributed by atoms with Gasteiger partial charge in [0.2, 0.25) is 0 Å². The van der Waals surface area contributed by atoms with E-state index >= 15 is 0 Å². The maximum absolute atomic E-state index is 12.2. The summed E-state index contributed by atoms with van der Waals surface area (Å²) in [6, 6.07) is 4.54. The van der Waals surface area contributed by atoms with E-state index in [2.05, 4.69) is 35.0 Å². The van der Waals surface area contributed by atoms with Crippen LogP contribution in [0.2, 0.25) is 0 Å². The van der Waals surface area contributed by atoms with Gasteiger partial charge in [-0.15, -0.1) is 0 Å². The number of aromatic nitrogens is 3. The van der Waals surface area contributed by atoms with Crippen LogP contribution in [0.3, 0.4) is 0 Å². The van der Waals surface area contributed by atoms with Crippen molar-refractivity contribution >= 4 is 46.0 Å². The Bertz CT molecular complexity index is 1910. The largest absolute Gasteiger partial charge is 0.490 e. The Kier molecular flexibility index (Phi) is 12.1. The van der Waals surface area contributed by atoms with Crippen LogP contribution in [-0.4, -0.2) is 69.5 Å². The van der Waals surface area contributed by atoms with E-state index in [1.807, 2.05) is 13.8 Å². The molecule has 3 aromatic rings. The van der Waals surface area contributed by atoms with Crippen molar-refractivity contribution in [3.05, 3.63) is 57.5 Å². The van der Waals surface area contributed by atoms with Crippen molar-refractivity contribution in [1.29, 1.82) is 0 Å². The first-order valence-corrected chi connectivity index (χ1v) is 18.6. The zero-order valence-corrected chi connectivity index (χ0v) is 28.4. The van der Waals surface area contributed by atoms with Gasteiger partial charge in [-0.05, 0) is 18.1 Å². The number of benzene rings is 1. The summed E-state index contributed by atoms with van der Waals surface area (Å²) in [5, 5.41) is 23.0. The number of phosphoric acid groups is 3. The van der Waals surface area contributed by atoms with Crippen LogP contribution >= 0.6 is 23.5 Å². The van der Waals surface area contributed by atoms with Crippen molar-refractivity contribution in [3.63, 3.8) is 0 Å². The van der Waals surface area contributed by atoms with E-state index < -0.39 is 59.5 Å². The molecule has 3 unspecified atom stereocenters. The van der Waals surface area contributed by atoms with Gasteiger partial charge in [0.1, 0.15) is 30.1 Å². The van der Waals surface area contributed by atoms with Crippen molar-refractivity contribution in [2.75, 3.05) is 18.9 Å². The number of nitrogen functional groups attached to an aromatic ring is 1. The third-order valence-electron chi connectivity index (χ3n) is 6.94. The summed E-state index contributed by atoms with van der Waals surface area (Å²) in [4.78, 5) is 56.3. The van der Waals surface area contributed by atoms with Crippen molar-refractivity contribution < 1.29 is 65.9 Å². The molecule has 49 heavy (non-hydrogen) atoms. The predicted molar refractivity (Wildman–Crippen MR) is 168 cm³/mol. The number of phosphoric ester groups is 1. The fraction of sp³-hybridized carbons (Fsp3) is 0.440. The summed E-state index contributed by atoms with van der Waals surface area (Å²) in [6.07, 6.45) is -1.73. The van der Waals surface area contributed by atoms with Gasteiger partial charge >= 0.3 is 23.5 Å². The van der Waals surface area contributed by atoms with Gasteiger partial charge in [-0.2, -0.15) is 8.62 Å². The fourth-order valence-corrected chi connectivity index (χ4v) is 8.05. The summed E-state index contributed by atoms with van der Waals surface area (Å²) < 4.78 is 60.1. The maximum Gasteiger partial charge on any atom is 0.490 e. The van der Waals surface area contributed by atoms with E-state index in [0.29, 0.717) is 22.1 Å². The molecule has 6 atom stereocenters. The Morgan fingerprint density at radius 1 is 1.16 bits per heavy atom. The van der Waals surface area contributed by atoms with E-state index in [-0.39, 0.29) is 42.6 Å². The molecule has 1 aromatic carbocycles. The molecule has 1 aliphatic rings. The minimum absolute atomic E-state index is 0.0695. The van der Waals surface area contributed by atoms with Gasteiger partial charge in [-0.25, -0.2) is 23.7 Å². The second-order valence-corrected chi connectivity index (χ2v) is 15.3. The molecule has 1 fully saturated rings. The van der Waals surface area contributed by atoms with Crippen LogP contribution in [0.15, 0.2) is 30.7 Å². The van der Waals surface area contributed by atoms with Crippen LogP contribution in [0.25, 0.3) is 11.0 Å². The number of anilines is 1. The third-order valence-corrected chi connectivity index (χ3v) is 10.7. The smallest absolute Gasteiger partial charge is 0.390 e. The Morgan fingerprint density at radius 3 is 2.51 bits per heavy atom. The number of aliphatic hydroxyl groups is 1. The van der Waals surface area contributed by atoms with Gasteiger partial charge in [-0.1, -0.05) is 25.7 Å². The number of hydrogen-bond acceptors (Lipinski definition) is 15. The number of aliphatic hydroxyl groups excluding tert-OH is 1. The lowest BCUT2D eigenvalue weighted by molar-refractivity contribution is -0.386. The highest BCUT2D eigenvalue weighted by atomic mass is 31.3. The topological polar surface area (TPSA) is 324 Å². The molecule has 0 amide bonds. The van der Waals surface area contributed by atoms with Gasteiger partial charge in [0.05, 0.1) is 47.8 Å². The van der Waals surface area contributed by atoms with Crippen LogP contribution in [0, 0.1) is 27.9 Å². The van der Waals surface area contributed by atoms with Crippen molar-refractivity contribution in [1.82, 2.24) is 14.5 Å². The Morgan fingerprint density at radius 2 is 1.88 bits per heavy atom. The van der Waals surface area contributed by atoms with Gasteiger partial charge in [0.25, 0.3) is 5.69 Å². The van der Waals surface area contributed by atoms with Crippen LogP contribution in [0.5, 0.6) is 0 Å². The minimum atomic E-state index is -5.75. The molecule has 1 aliphatic heterocycles. The van der Waals surface area contributed by atoms with E-state index in [9.17, 15) is 38.7 Å². The standard InChI is InChI=1S/C25H33N6O15P3/c1-14(2)23(17-6-5-15(4-3-7-26)8-18(17)31(33)34)42-11-16-10-30(25-22(16)24(27)28-13-29-25)21-9-19(32)20(44-21)12-43-48(38,39)46-49(40,41)45-47(35,36)37/h5-6,8,10,13-14,19-21,23,32H,7,9,11-12,26H2,1-2H3,(H,38,39)(H,40,41)(H2,27,28,29)(H2,35,36,37)/t19?,20-,21-,23-/m1/s1. The quantitative estimate of drug-likeness (QED) is 0.0537. The lowest BCUT2D eigenvalue weighted by atomic mass is 9.96. The Balaban J connectivity index is 1.54. The first-order chi connectivity index (χ1) is 22.8. The molecule has 2 aromatic heterocycles. The summed E-state index contributed by atoms with van der Waals surface area (Å²) in [7, 11) is -16.8. The highest BCUT2D eigenvalue weighted by Crippen LogP contribution is 2.66. The van der Waals surface area contributed by atoms with E-state index in [1.54, 1.807) is 18.3 Å².